The minimum absolute atomic E-state index is 0.0383. The van der Waals surface area contributed by atoms with Gasteiger partial charge in [0.1, 0.15) is 24.1 Å². The number of nitrogens with zero attached hydrogens (tertiary/aromatic N) is 2. The number of aliphatic carboxylic acids is 1. The third-order valence-electron chi connectivity index (χ3n) is 4.89. The van der Waals surface area contributed by atoms with Crippen molar-refractivity contribution in [3.63, 3.8) is 0 Å². The van der Waals surface area contributed by atoms with Gasteiger partial charge >= 0.3 is 12.1 Å². The second kappa shape index (κ2) is 9.63. The number of hydrogen-bond donors (Lipinski definition) is 2. The molecule has 1 aromatic rings. The Hall–Kier alpha value is -2.02. The molecule has 2 saturated heterocycles. The van der Waals surface area contributed by atoms with Crippen molar-refractivity contribution >= 4 is 11.8 Å². The van der Waals surface area contributed by atoms with Crippen molar-refractivity contribution in [1.82, 2.24) is 9.97 Å². The first-order valence-corrected chi connectivity index (χ1v) is 9.98. The van der Waals surface area contributed by atoms with Gasteiger partial charge in [-0.3, -0.25) is 9.78 Å². The molecule has 1 aromatic heterocycles. The third kappa shape index (κ3) is 6.48. The number of rotatable bonds is 9. The zero-order chi connectivity index (χ0) is 22.6. The Morgan fingerprint density at radius 2 is 2.03 bits per heavy atom. The molecule has 0 bridgehead atoms. The van der Waals surface area contributed by atoms with Crippen LogP contribution in [0.25, 0.3) is 0 Å². The van der Waals surface area contributed by atoms with Crippen LogP contribution >= 0.6 is 0 Å². The fraction of sp³-hybridized carbons (Fsp3) is 0.737. The molecule has 2 aliphatic heterocycles. The molecule has 2 fully saturated rings. The van der Waals surface area contributed by atoms with Crippen LogP contribution in [-0.2, 0) is 29.9 Å². The lowest BCUT2D eigenvalue weighted by atomic mass is 9.98. The molecule has 31 heavy (non-hydrogen) atoms. The molecule has 12 heteroatoms. The molecule has 2 N–H and O–H groups in total. The highest BCUT2D eigenvalue weighted by atomic mass is 19.4. The standard InChI is InChI=1S/C19H26F3N3O6/c1-18(2)30-16-11(24-14-8-23-7-13(25-14)19(20,21)22)9-29-12(17(16)31-18)10-28-6-4-3-5-15(26)27/h7-8,11-12,16-17H,3-6,9-10H2,1-2H3,(H,24,25)(H,26,27)/t11-,12+,16+,17-/m0/s1. The SMILES string of the molecule is CC1(C)O[C@@H]2[C@H](O1)[C@@H](Nc1cncc(C(F)(F)F)n1)CO[C@@H]2COCCCCC(=O)O. The van der Waals surface area contributed by atoms with Crippen molar-refractivity contribution in [2.45, 2.75) is 69.4 Å². The van der Waals surface area contributed by atoms with Gasteiger partial charge in [0.05, 0.1) is 31.6 Å². The van der Waals surface area contributed by atoms with Gasteiger partial charge < -0.3 is 29.4 Å². The maximum atomic E-state index is 12.9. The number of alkyl halides is 3. The number of halogens is 3. The van der Waals surface area contributed by atoms with E-state index in [9.17, 15) is 18.0 Å². The van der Waals surface area contributed by atoms with Gasteiger partial charge in [0, 0.05) is 13.0 Å². The van der Waals surface area contributed by atoms with Gasteiger partial charge in [-0.05, 0) is 26.7 Å². The van der Waals surface area contributed by atoms with Crippen molar-refractivity contribution in [3.05, 3.63) is 18.1 Å². The van der Waals surface area contributed by atoms with Crippen LogP contribution in [0.5, 0.6) is 0 Å². The second-order valence-corrected chi connectivity index (χ2v) is 7.90. The van der Waals surface area contributed by atoms with Crippen LogP contribution < -0.4 is 5.32 Å². The third-order valence-corrected chi connectivity index (χ3v) is 4.89. The van der Waals surface area contributed by atoms with Crippen LogP contribution in [0.2, 0.25) is 0 Å². The maximum Gasteiger partial charge on any atom is 0.434 e. The second-order valence-electron chi connectivity index (χ2n) is 7.90. The predicted molar refractivity (Wildman–Crippen MR) is 100 cm³/mol. The molecule has 9 nitrogen and oxygen atoms in total. The van der Waals surface area contributed by atoms with Gasteiger partial charge in [-0.15, -0.1) is 0 Å². The molecular weight excluding hydrogens is 423 g/mol. The zero-order valence-corrected chi connectivity index (χ0v) is 17.2. The number of carboxylic acid groups (broad SMARTS) is 1. The molecule has 0 spiro atoms. The van der Waals surface area contributed by atoms with Gasteiger partial charge in [-0.2, -0.15) is 13.2 Å². The van der Waals surface area contributed by atoms with Gasteiger partial charge in [0.15, 0.2) is 11.5 Å². The quantitative estimate of drug-likeness (QED) is 0.549. The smallest absolute Gasteiger partial charge is 0.434 e. The lowest BCUT2D eigenvalue weighted by Crippen LogP contribution is -2.55. The highest BCUT2D eigenvalue weighted by molar-refractivity contribution is 5.66. The molecular formula is C19H26F3N3O6. The maximum absolute atomic E-state index is 12.9. The van der Waals surface area contributed by atoms with E-state index in [0.29, 0.717) is 25.6 Å². The fourth-order valence-electron chi connectivity index (χ4n) is 3.54. The molecule has 0 saturated carbocycles. The number of hydrogen-bond acceptors (Lipinski definition) is 8. The van der Waals surface area contributed by atoms with Crippen LogP contribution in [-0.4, -0.2) is 71.0 Å². The van der Waals surface area contributed by atoms with Crippen molar-refractivity contribution in [3.8, 4) is 0 Å². The van der Waals surface area contributed by atoms with Crippen LogP contribution in [0.15, 0.2) is 12.4 Å². The van der Waals surface area contributed by atoms with E-state index in [1.165, 1.54) is 6.20 Å². The molecule has 0 unspecified atom stereocenters. The molecule has 3 rings (SSSR count). The number of unbranched alkanes of at least 4 members (excludes halogenated alkanes) is 1. The minimum Gasteiger partial charge on any atom is -0.481 e. The van der Waals surface area contributed by atoms with E-state index in [-0.39, 0.29) is 25.5 Å². The molecule has 4 atom stereocenters. The monoisotopic (exact) mass is 449 g/mol. The number of nitrogens with one attached hydrogen (secondary N) is 1. The van der Waals surface area contributed by atoms with Crippen LogP contribution in [0, 0.1) is 0 Å². The summed E-state index contributed by atoms with van der Waals surface area (Å²) in [5.74, 6) is -1.79. The van der Waals surface area contributed by atoms with Crippen LogP contribution in [0.1, 0.15) is 38.8 Å². The first kappa shape index (κ1) is 23.6. The van der Waals surface area contributed by atoms with E-state index in [2.05, 4.69) is 15.3 Å². The fourth-order valence-corrected chi connectivity index (χ4v) is 3.54. The summed E-state index contributed by atoms with van der Waals surface area (Å²) in [5, 5.41) is 11.6. The normalized spacial score (nSPS) is 27.6. The van der Waals surface area contributed by atoms with E-state index < -0.39 is 48.0 Å². The molecule has 0 aliphatic carbocycles. The number of ether oxygens (including phenoxy) is 4. The van der Waals surface area contributed by atoms with Crippen molar-refractivity contribution < 1.29 is 42.0 Å². The van der Waals surface area contributed by atoms with E-state index in [0.717, 1.165) is 0 Å². The molecule has 0 radical (unpaired) electrons. The Labute approximate surface area is 177 Å². The Morgan fingerprint density at radius 3 is 2.74 bits per heavy atom. The Balaban J connectivity index is 1.59. The highest BCUT2D eigenvalue weighted by Crippen LogP contribution is 2.36. The van der Waals surface area contributed by atoms with E-state index >= 15 is 0 Å². The summed E-state index contributed by atoms with van der Waals surface area (Å²) in [6.45, 7) is 4.25. The van der Waals surface area contributed by atoms with Crippen molar-refractivity contribution in [1.29, 1.82) is 0 Å². The van der Waals surface area contributed by atoms with Gasteiger partial charge in [-0.25, -0.2) is 4.98 Å². The topological polar surface area (TPSA) is 112 Å². The Morgan fingerprint density at radius 1 is 1.29 bits per heavy atom. The van der Waals surface area contributed by atoms with E-state index in [1.54, 1.807) is 13.8 Å². The molecule has 3 heterocycles. The summed E-state index contributed by atoms with van der Waals surface area (Å²) in [6.07, 6.45) is -2.96. The largest absolute Gasteiger partial charge is 0.481 e. The number of aromatic nitrogens is 2. The molecule has 0 aromatic carbocycles. The van der Waals surface area contributed by atoms with Crippen molar-refractivity contribution in [2.75, 3.05) is 25.1 Å². The highest BCUT2D eigenvalue weighted by Gasteiger charge is 2.52. The first-order chi connectivity index (χ1) is 14.5. The van der Waals surface area contributed by atoms with Crippen molar-refractivity contribution in [2.24, 2.45) is 0 Å². The van der Waals surface area contributed by atoms with Crippen LogP contribution in [0.4, 0.5) is 19.0 Å². The number of carboxylic acids is 1. The summed E-state index contributed by atoms with van der Waals surface area (Å²) >= 11 is 0. The minimum atomic E-state index is -4.60. The summed E-state index contributed by atoms with van der Waals surface area (Å²) in [6, 6.07) is -0.503. The van der Waals surface area contributed by atoms with Crippen LogP contribution in [0.3, 0.4) is 0 Å². The number of carbonyl (C=O) groups is 1. The average molecular weight is 449 g/mol. The molecule has 2 aliphatic rings. The Kier molecular flexibility index (Phi) is 7.35. The number of fused-ring (bicyclic) bond motifs is 1. The molecule has 174 valence electrons. The van der Waals surface area contributed by atoms with Gasteiger partial charge in [-0.1, -0.05) is 0 Å². The first-order valence-electron chi connectivity index (χ1n) is 9.98. The molecule has 0 amide bonds. The van der Waals surface area contributed by atoms with Gasteiger partial charge in [0.2, 0.25) is 0 Å². The van der Waals surface area contributed by atoms with E-state index in [1.807, 2.05) is 0 Å². The lowest BCUT2D eigenvalue weighted by Gasteiger charge is -2.37. The summed E-state index contributed by atoms with van der Waals surface area (Å²) in [4.78, 5) is 17.7. The summed E-state index contributed by atoms with van der Waals surface area (Å²) < 4.78 is 62.1. The van der Waals surface area contributed by atoms with E-state index in [4.69, 9.17) is 24.1 Å². The van der Waals surface area contributed by atoms with Gasteiger partial charge in [0.25, 0.3) is 0 Å². The number of anilines is 1. The predicted octanol–water partition coefficient (Wildman–Crippen LogP) is 2.47. The zero-order valence-electron chi connectivity index (χ0n) is 17.2. The lowest BCUT2D eigenvalue weighted by molar-refractivity contribution is -0.160. The Bertz CT molecular complexity index is 764. The summed E-state index contributed by atoms with van der Waals surface area (Å²) in [5.41, 5.74) is -1.09. The average Bonchev–Trinajstić information content (AvgIpc) is 3.01. The summed E-state index contributed by atoms with van der Waals surface area (Å²) in [7, 11) is 0.